The monoisotopic (exact) mass is 415 g/mol. The van der Waals surface area contributed by atoms with Gasteiger partial charge >= 0.3 is 12.1 Å². The zero-order valence-electron chi connectivity index (χ0n) is 14.8. The predicted octanol–water partition coefficient (Wildman–Crippen LogP) is 3.16. The highest BCUT2D eigenvalue weighted by molar-refractivity contribution is 9.09. The van der Waals surface area contributed by atoms with Crippen LogP contribution in [0.15, 0.2) is 30.3 Å². The standard InChI is InChI=1S/C18H26BrNO5/c1-18(2,3)25-16(22)15(10-9-14(21)11-19)20-17(23)24-12-13-7-5-4-6-8-13/h4-8,14-15,21H,9-12H2,1-3H3,(H,20,23)/t14-,15-/m0/s1. The van der Waals surface area contributed by atoms with Gasteiger partial charge in [0.1, 0.15) is 18.2 Å². The van der Waals surface area contributed by atoms with Gasteiger partial charge in [-0.2, -0.15) is 0 Å². The maximum Gasteiger partial charge on any atom is 0.408 e. The first kappa shape index (κ1) is 21.4. The summed E-state index contributed by atoms with van der Waals surface area (Å²) in [5.41, 5.74) is 0.181. The van der Waals surface area contributed by atoms with E-state index in [1.807, 2.05) is 30.3 Å². The molecule has 1 rings (SSSR count). The Hall–Kier alpha value is -1.60. The molecule has 0 aromatic heterocycles. The number of alkyl halides is 1. The number of hydrogen-bond donors (Lipinski definition) is 2. The van der Waals surface area contributed by atoms with E-state index in [4.69, 9.17) is 9.47 Å². The highest BCUT2D eigenvalue weighted by atomic mass is 79.9. The second-order valence-corrected chi connectivity index (χ2v) is 7.33. The zero-order valence-corrected chi connectivity index (χ0v) is 16.4. The number of ether oxygens (including phenoxy) is 2. The summed E-state index contributed by atoms with van der Waals surface area (Å²) in [5, 5.41) is 12.6. The number of carbonyl (C=O) groups is 2. The maximum atomic E-state index is 12.3. The normalized spacial score (nSPS) is 13.6. The van der Waals surface area contributed by atoms with Crippen molar-refractivity contribution in [2.24, 2.45) is 0 Å². The van der Waals surface area contributed by atoms with Crippen molar-refractivity contribution in [2.45, 2.75) is 58.0 Å². The van der Waals surface area contributed by atoms with E-state index in [0.29, 0.717) is 11.8 Å². The van der Waals surface area contributed by atoms with Crippen LogP contribution < -0.4 is 5.32 Å². The van der Waals surface area contributed by atoms with E-state index >= 15 is 0 Å². The van der Waals surface area contributed by atoms with Gasteiger partial charge in [-0.25, -0.2) is 9.59 Å². The van der Waals surface area contributed by atoms with Gasteiger partial charge in [-0.3, -0.25) is 0 Å². The van der Waals surface area contributed by atoms with Crippen LogP contribution in [0.3, 0.4) is 0 Å². The van der Waals surface area contributed by atoms with Crippen molar-refractivity contribution in [1.29, 1.82) is 0 Å². The second-order valence-electron chi connectivity index (χ2n) is 6.68. The van der Waals surface area contributed by atoms with E-state index in [9.17, 15) is 14.7 Å². The number of amides is 1. The number of aliphatic hydroxyl groups is 1. The topological polar surface area (TPSA) is 84.9 Å². The van der Waals surface area contributed by atoms with Gasteiger partial charge in [0.25, 0.3) is 0 Å². The van der Waals surface area contributed by atoms with Crippen LogP contribution in [-0.2, 0) is 20.9 Å². The predicted molar refractivity (Wildman–Crippen MR) is 98.4 cm³/mol. The maximum absolute atomic E-state index is 12.3. The van der Waals surface area contributed by atoms with Gasteiger partial charge in [-0.15, -0.1) is 0 Å². The van der Waals surface area contributed by atoms with Crippen LogP contribution in [0.1, 0.15) is 39.2 Å². The molecule has 0 radical (unpaired) electrons. The van der Waals surface area contributed by atoms with Crippen LogP contribution in [0.2, 0.25) is 0 Å². The first-order valence-electron chi connectivity index (χ1n) is 8.15. The van der Waals surface area contributed by atoms with Gasteiger partial charge in [0, 0.05) is 5.33 Å². The van der Waals surface area contributed by atoms with Crippen LogP contribution in [0, 0.1) is 0 Å². The molecule has 0 bridgehead atoms. The van der Waals surface area contributed by atoms with Crippen molar-refractivity contribution >= 4 is 28.0 Å². The third-order valence-electron chi connectivity index (χ3n) is 3.16. The minimum absolute atomic E-state index is 0.109. The van der Waals surface area contributed by atoms with E-state index < -0.39 is 29.8 Å². The summed E-state index contributed by atoms with van der Waals surface area (Å²) in [6.07, 6.45) is -0.712. The van der Waals surface area contributed by atoms with Crippen LogP contribution in [0.4, 0.5) is 4.79 Å². The SMILES string of the molecule is CC(C)(C)OC(=O)[C@H](CC[C@H](O)CBr)NC(=O)OCc1ccccc1. The molecule has 0 saturated carbocycles. The summed E-state index contributed by atoms with van der Waals surface area (Å²) in [5.74, 6) is -0.550. The Morgan fingerprint density at radius 1 is 1.20 bits per heavy atom. The molecule has 140 valence electrons. The molecule has 2 atom stereocenters. The molecular weight excluding hydrogens is 390 g/mol. The number of hydrogen-bond acceptors (Lipinski definition) is 5. The first-order valence-corrected chi connectivity index (χ1v) is 9.27. The number of carbonyl (C=O) groups excluding carboxylic acids is 2. The Bertz CT molecular complexity index is 544. The van der Waals surface area contributed by atoms with E-state index in [1.165, 1.54) is 0 Å². The lowest BCUT2D eigenvalue weighted by Gasteiger charge is -2.24. The largest absolute Gasteiger partial charge is 0.458 e. The van der Waals surface area contributed by atoms with Crippen LogP contribution in [-0.4, -0.2) is 40.2 Å². The molecule has 0 aliphatic rings. The van der Waals surface area contributed by atoms with Crippen molar-refractivity contribution in [3.63, 3.8) is 0 Å². The molecule has 0 unspecified atom stereocenters. The van der Waals surface area contributed by atoms with Gasteiger partial charge in [0.05, 0.1) is 6.10 Å². The molecule has 1 aromatic carbocycles. The summed E-state index contributed by atoms with van der Waals surface area (Å²) >= 11 is 3.17. The molecule has 1 aromatic rings. The summed E-state index contributed by atoms with van der Waals surface area (Å²) in [4.78, 5) is 24.3. The summed E-state index contributed by atoms with van der Waals surface area (Å²) < 4.78 is 10.5. The molecule has 2 N–H and O–H groups in total. The van der Waals surface area contributed by atoms with Crippen LogP contribution in [0.5, 0.6) is 0 Å². The summed E-state index contributed by atoms with van der Waals surface area (Å²) in [6.45, 7) is 5.37. The minimum atomic E-state index is -0.879. The molecule has 0 fully saturated rings. The van der Waals surface area contributed by atoms with E-state index in [2.05, 4.69) is 21.2 Å². The number of nitrogens with one attached hydrogen (secondary N) is 1. The van der Waals surface area contributed by atoms with Crippen LogP contribution >= 0.6 is 15.9 Å². The second kappa shape index (κ2) is 10.4. The third kappa shape index (κ3) is 9.45. The van der Waals surface area contributed by atoms with Gasteiger partial charge < -0.3 is 19.9 Å². The summed E-state index contributed by atoms with van der Waals surface area (Å²) in [6, 6.07) is 8.37. The van der Waals surface area contributed by atoms with Crippen LogP contribution in [0.25, 0.3) is 0 Å². The molecule has 1 amide bonds. The van der Waals surface area contributed by atoms with Crippen molar-refractivity contribution in [2.75, 3.05) is 5.33 Å². The summed E-state index contributed by atoms with van der Waals surface area (Å²) in [7, 11) is 0. The highest BCUT2D eigenvalue weighted by Crippen LogP contribution is 2.12. The number of esters is 1. The molecule has 25 heavy (non-hydrogen) atoms. The Kier molecular flexibility index (Phi) is 8.92. The Labute approximate surface area is 157 Å². The third-order valence-corrected chi connectivity index (χ3v) is 3.91. The van der Waals surface area contributed by atoms with E-state index in [0.717, 1.165) is 5.56 Å². The van der Waals surface area contributed by atoms with E-state index in [-0.39, 0.29) is 13.0 Å². The van der Waals surface area contributed by atoms with Gasteiger partial charge in [-0.1, -0.05) is 46.3 Å². The van der Waals surface area contributed by atoms with Crippen molar-refractivity contribution in [1.82, 2.24) is 5.32 Å². The smallest absolute Gasteiger partial charge is 0.408 e. The molecule has 0 spiro atoms. The average molecular weight is 416 g/mol. The Morgan fingerprint density at radius 3 is 2.40 bits per heavy atom. The quantitative estimate of drug-likeness (QED) is 0.503. The average Bonchev–Trinajstić information content (AvgIpc) is 2.55. The molecular formula is C18H26BrNO5. The Balaban J connectivity index is 2.60. The number of aliphatic hydroxyl groups excluding tert-OH is 1. The fourth-order valence-electron chi connectivity index (χ4n) is 1.97. The number of rotatable bonds is 8. The van der Waals surface area contributed by atoms with Crippen molar-refractivity contribution in [3.8, 4) is 0 Å². The molecule has 0 aliphatic carbocycles. The number of halogens is 1. The minimum Gasteiger partial charge on any atom is -0.458 e. The van der Waals surface area contributed by atoms with Gasteiger partial charge in [0.2, 0.25) is 0 Å². The lowest BCUT2D eigenvalue weighted by atomic mass is 10.1. The lowest BCUT2D eigenvalue weighted by molar-refractivity contribution is -0.157. The lowest BCUT2D eigenvalue weighted by Crippen LogP contribution is -2.44. The molecule has 0 heterocycles. The molecule has 7 heteroatoms. The van der Waals surface area contributed by atoms with Gasteiger partial charge in [-0.05, 0) is 39.2 Å². The zero-order chi connectivity index (χ0) is 18.9. The molecule has 6 nitrogen and oxygen atoms in total. The highest BCUT2D eigenvalue weighted by Gasteiger charge is 2.27. The first-order chi connectivity index (χ1) is 11.7. The fourth-order valence-corrected chi connectivity index (χ4v) is 2.29. The molecule has 0 saturated heterocycles. The number of alkyl carbamates (subject to hydrolysis) is 1. The van der Waals surface area contributed by atoms with Crippen molar-refractivity contribution < 1.29 is 24.2 Å². The van der Waals surface area contributed by atoms with Crippen molar-refractivity contribution in [3.05, 3.63) is 35.9 Å². The molecule has 0 aliphatic heterocycles. The van der Waals surface area contributed by atoms with E-state index in [1.54, 1.807) is 20.8 Å². The fraction of sp³-hybridized carbons (Fsp3) is 0.556. The Morgan fingerprint density at radius 2 is 1.84 bits per heavy atom. The van der Waals surface area contributed by atoms with Gasteiger partial charge in [0.15, 0.2) is 0 Å². The number of benzene rings is 1.